The fourth-order valence-corrected chi connectivity index (χ4v) is 2.67. The van der Waals surface area contributed by atoms with Crippen LogP contribution in [0.3, 0.4) is 0 Å². The predicted molar refractivity (Wildman–Crippen MR) is 112 cm³/mol. The summed E-state index contributed by atoms with van der Waals surface area (Å²) in [4.78, 5) is 12.3. The zero-order valence-corrected chi connectivity index (χ0v) is 15.8. The van der Waals surface area contributed by atoms with Crippen LogP contribution in [-0.4, -0.2) is 11.0 Å². The van der Waals surface area contributed by atoms with Crippen LogP contribution in [0.15, 0.2) is 78.9 Å². The van der Waals surface area contributed by atoms with E-state index in [1.54, 1.807) is 12.1 Å². The Morgan fingerprint density at radius 3 is 2.33 bits per heavy atom. The van der Waals surface area contributed by atoms with Crippen LogP contribution in [0.5, 0.6) is 5.75 Å². The van der Waals surface area contributed by atoms with Crippen LogP contribution in [0.25, 0.3) is 0 Å². The highest BCUT2D eigenvalue weighted by atomic mass is 32.1. The molecule has 3 aromatic carbocycles. The second-order valence-corrected chi connectivity index (χ2v) is 6.45. The predicted octanol–water partition coefficient (Wildman–Crippen LogP) is 4.70. The Morgan fingerprint density at radius 1 is 0.926 bits per heavy atom. The Balaban J connectivity index is 1.62. The highest BCUT2D eigenvalue weighted by Crippen LogP contribution is 2.24. The molecule has 0 atom stereocenters. The molecule has 0 aliphatic carbocycles. The normalized spacial score (nSPS) is 10.1. The molecule has 0 bridgehead atoms. The van der Waals surface area contributed by atoms with E-state index in [1.807, 2.05) is 73.7 Å². The molecule has 2 N–H and O–H groups in total. The van der Waals surface area contributed by atoms with Gasteiger partial charge in [0.2, 0.25) is 0 Å². The Bertz CT molecular complexity index is 925. The number of hydrogen-bond acceptors (Lipinski definition) is 3. The molecule has 0 fully saturated rings. The highest BCUT2D eigenvalue weighted by molar-refractivity contribution is 7.80. The number of carbonyl (C=O) groups is 1. The number of benzene rings is 3. The lowest BCUT2D eigenvalue weighted by atomic mass is 10.1. The number of nitrogens with one attached hydrogen (secondary N) is 2. The Labute approximate surface area is 164 Å². The standard InChI is InChI=1S/C22H20N2O2S/c1-16-11-13-18(14-12-16)21(25)24-22(27)23-19-9-5-6-10-20(19)26-15-17-7-3-2-4-8-17/h2-14H,15H2,1H3,(H2,23,24,25,27). The summed E-state index contributed by atoms with van der Waals surface area (Å²) in [6.07, 6.45) is 0. The van der Waals surface area contributed by atoms with Crippen molar-refractivity contribution in [3.05, 3.63) is 95.6 Å². The minimum atomic E-state index is -0.254. The minimum Gasteiger partial charge on any atom is -0.487 e. The van der Waals surface area contributed by atoms with Gasteiger partial charge in [0.05, 0.1) is 5.69 Å². The zero-order chi connectivity index (χ0) is 19.1. The van der Waals surface area contributed by atoms with Crippen LogP contribution in [-0.2, 0) is 6.61 Å². The van der Waals surface area contributed by atoms with E-state index in [0.717, 1.165) is 11.1 Å². The topological polar surface area (TPSA) is 50.4 Å². The van der Waals surface area contributed by atoms with Crippen molar-refractivity contribution in [2.24, 2.45) is 0 Å². The van der Waals surface area contributed by atoms with Gasteiger partial charge in [0, 0.05) is 5.56 Å². The molecular weight excluding hydrogens is 356 g/mol. The quantitative estimate of drug-likeness (QED) is 0.634. The first-order chi connectivity index (χ1) is 13.1. The molecule has 3 rings (SSSR count). The van der Waals surface area contributed by atoms with E-state index < -0.39 is 0 Å². The number of anilines is 1. The van der Waals surface area contributed by atoms with Gasteiger partial charge in [0.1, 0.15) is 12.4 Å². The largest absolute Gasteiger partial charge is 0.487 e. The van der Waals surface area contributed by atoms with E-state index in [1.165, 1.54) is 0 Å². The molecule has 0 heterocycles. The fraction of sp³-hybridized carbons (Fsp3) is 0.0909. The van der Waals surface area contributed by atoms with Gasteiger partial charge in [-0.1, -0.05) is 60.2 Å². The summed E-state index contributed by atoms with van der Waals surface area (Å²) in [5.41, 5.74) is 3.42. The maximum absolute atomic E-state index is 12.3. The summed E-state index contributed by atoms with van der Waals surface area (Å²) >= 11 is 5.28. The van der Waals surface area contributed by atoms with E-state index in [0.29, 0.717) is 23.6 Å². The maximum Gasteiger partial charge on any atom is 0.257 e. The van der Waals surface area contributed by atoms with Gasteiger partial charge >= 0.3 is 0 Å². The number of para-hydroxylation sites is 2. The molecule has 0 radical (unpaired) electrons. The molecule has 1 amide bonds. The molecule has 0 aromatic heterocycles. The lowest BCUT2D eigenvalue weighted by Gasteiger charge is -2.14. The Hall–Kier alpha value is -3.18. The SMILES string of the molecule is Cc1ccc(C(=O)NC(=S)Nc2ccccc2OCc2ccccc2)cc1. The molecule has 5 heteroatoms. The molecular formula is C22H20N2O2S. The van der Waals surface area contributed by atoms with Crippen LogP contribution in [0, 0.1) is 6.92 Å². The number of thiocarbonyl (C=S) groups is 1. The summed E-state index contributed by atoms with van der Waals surface area (Å²) in [5.74, 6) is 0.406. The summed E-state index contributed by atoms with van der Waals surface area (Å²) in [7, 11) is 0. The molecule has 0 spiro atoms. The van der Waals surface area contributed by atoms with Gasteiger partial charge in [-0.15, -0.1) is 0 Å². The highest BCUT2D eigenvalue weighted by Gasteiger charge is 2.10. The molecule has 0 saturated heterocycles. The lowest BCUT2D eigenvalue weighted by molar-refractivity contribution is 0.0977. The van der Waals surface area contributed by atoms with Crippen molar-refractivity contribution in [3.8, 4) is 5.75 Å². The van der Waals surface area contributed by atoms with Gasteiger partial charge in [0.25, 0.3) is 5.91 Å². The minimum absolute atomic E-state index is 0.219. The first-order valence-electron chi connectivity index (χ1n) is 8.56. The van der Waals surface area contributed by atoms with Crippen LogP contribution >= 0.6 is 12.2 Å². The number of carbonyl (C=O) groups excluding carboxylic acids is 1. The number of hydrogen-bond donors (Lipinski definition) is 2. The third-order valence-corrected chi connectivity index (χ3v) is 4.12. The monoisotopic (exact) mass is 376 g/mol. The molecule has 0 aliphatic rings. The number of rotatable bonds is 5. The Kier molecular flexibility index (Phi) is 6.18. The summed E-state index contributed by atoms with van der Waals surface area (Å²) in [6, 6.07) is 24.7. The van der Waals surface area contributed by atoms with Gasteiger partial charge < -0.3 is 10.1 Å². The lowest BCUT2D eigenvalue weighted by Crippen LogP contribution is -2.34. The van der Waals surface area contributed by atoms with Crippen LogP contribution < -0.4 is 15.4 Å². The van der Waals surface area contributed by atoms with Crippen molar-refractivity contribution < 1.29 is 9.53 Å². The summed E-state index contributed by atoms with van der Waals surface area (Å²) in [5, 5.41) is 5.94. The number of ether oxygens (including phenoxy) is 1. The van der Waals surface area contributed by atoms with E-state index >= 15 is 0 Å². The molecule has 0 unspecified atom stereocenters. The fourth-order valence-electron chi connectivity index (χ4n) is 2.46. The molecule has 4 nitrogen and oxygen atoms in total. The van der Waals surface area contributed by atoms with Gasteiger partial charge in [-0.2, -0.15) is 0 Å². The van der Waals surface area contributed by atoms with E-state index in [-0.39, 0.29) is 11.0 Å². The van der Waals surface area contributed by atoms with Crippen molar-refractivity contribution in [1.82, 2.24) is 5.32 Å². The first-order valence-corrected chi connectivity index (χ1v) is 8.97. The van der Waals surface area contributed by atoms with Crippen molar-refractivity contribution >= 4 is 28.9 Å². The van der Waals surface area contributed by atoms with Crippen LogP contribution in [0.4, 0.5) is 5.69 Å². The van der Waals surface area contributed by atoms with Crippen molar-refractivity contribution in [2.75, 3.05) is 5.32 Å². The number of aryl methyl sites for hydroxylation is 1. The third-order valence-electron chi connectivity index (χ3n) is 3.91. The molecule has 3 aromatic rings. The third kappa shape index (κ3) is 5.39. The first kappa shape index (κ1) is 18.6. The smallest absolute Gasteiger partial charge is 0.257 e. The van der Waals surface area contributed by atoms with Crippen LogP contribution in [0.1, 0.15) is 21.5 Å². The van der Waals surface area contributed by atoms with Crippen molar-refractivity contribution in [3.63, 3.8) is 0 Å². The van der Waals surface area contributed by atoms with Gasteiger partial charge in [-0.25, -0.2) is 0 Å². The molecule has 0 saturated carbocycles. The molecule has 136 valence electrons. The average Bonchev–Trinajstić information content (AvgIpc) is 2.68. The van der Waals surface area contributed by atoms with E-state index in [9.17, 15) is 4.79 Å². The average molecular weight is 376 g/mol. The molecule has 0 aliphatic heterocycles. The van der Waals surface area contributed by atoms with Gasteiger partial charge in [-0.05, 0) is 49.0 Å². The zero-order valence-electron chi connectivity index (χ0n) is 14.9. The van der Waals surface area contributed by atoms with E-state index in [2.05, 4.69) is 10.6 Å². The number of amides is 1. The van der Waals surface area contributed by atoms with Crippen molar-refractivity contribution in [1.29, 1.82) is 0 Å². The van der Waals surface area contributed by atoms with Gasteiger partial charge in [0.15, 0.2) is 5.11 Å². The Morgan fingerprint density at radius 2 is 1.59 bits per heavy atom. The molecule has 27 heavy (non-hydrogen) atoms. The van der Waals surface area contributed by atoms with E-state index in [4.69, 9.17) is 17.0 Å². The second-order valence-electron chi connectivity index (χ2n) is 6.04. The van der Waals surface area contributed by atoms with Gasteiger partial charge in [-0.3, -0.25) is 10.1 Å². The van der Waals surface area contributed by atoms with Crippen LogP contribution in [0.2, 0.25) is 0 Å². The summed E-state index contributed by atoms with van der Waals surface area (Å²) < 4.78 is 5.89. The second kappa shape index (κ2) is 8.96. The maximum atomic E-state index is 12.3. The summed E-state index contributed by atoms with van der Waals surface area (Å²) in [6.45, 7) is 2.42. The van der Waals surface area contributed by atoms with Crippen molar-refractivity contribution in [2.45, 2.75) is 13.5 Å².